The zero-order chi connectivity index (χ0) is 19.8. The third kappa shape index (κ3) is 6.18. The Kier molecular flexibility index (Phi) is 7.17. The highest BCUT2D eigenvalue weighted by atomic mass is 32.1. The number of thiazole rings is 1. The van der Waals surface area contributed by atoms with Crippen LogP contribution >= 0.6 is 11.3 Å². The van der Waals surface area contributed by atoms with Gasteiger partial charge in [-0.15, -0.1) is 11.3 Å². The van der Waals surface area contributed by atoms with Crippen LogP contribution < -0.4 is 5.32 Å². The Balaban J connectivity index is 1.46. The lowest BCUT2D eigenvalue weighted by Gasteiger charge is -2.17. The second kappa shape index (κ2) is 10.0. The molecule has 0 fully saturated rings. The lowest BCUT2D eigenvalue weighted by molar-refractivity contribution is 0.124. The van der Waals surface area contributed by atoms with Gasteiger partial charge in [0.15, 0.2) is 0 Å². The van der Waals surface area contributed by atoms with Gasteiger partial charge in [0.2, 0.25) is 0 Å². The fourth-order valence-electron chi connectivity index (χ4n) is 2.78. The van der Waals surface area contributed by atoms with Gasteiger partial charge in [-0.1, -0.05) is 42.5 Å². The predicted molar refractivity (Wildman–Crippen MR) is 114 cm³/mol. The molecule has 2 aromatic carbocycles. The minimum Gasteiger partial charge on any atom is -0.376 e. The molecule has 0 spiro atoms. The summed E-state index contributed by atoms with van der Waals surface area (Å²) in [5, 5.41) is 5.91. The van der Waals surface area contributed by atoms with Crippen molar-refractivity contribution in [2.75, 3.05) is 19.0 Å². The molecule has 0 unspecified atom stereocenters. The summed E-state index contributed by atoms with van der Waals surface area (Å²) in [5.74, 6) is 0. The van der Waals surface area contributed by atoms with Crippen molar-refractivity contribution in [1.82, 2.24) is 9.88 Å². The van der Waals surface area contributed by atoms with Gasteiger partial charge < -0.3 is 15.0 Å². The molecule has 1 N–H and O–H groups in total. The molecule has 0 aliphatic heterocycles. The Labute approximate surface area is 170 Å². The van der Waals surface area contributed by atoms with Crippen molar-refractivity contribution in [2.24, 2.45) is 0 Å². The predicted octanol–water partition coefficient (Wildman–Crippen LogP) is 4.87. The van der Waals surface area contributed by atoms with Gasteiger partial charge >= 0.3 is 6.03 Å². The van der Waals surface area contributed by atoms with Gasteiger partial charge in [0, 0.05) is 18.1 Å². The molecule has 3 aromatic rings. The van der Waals surface area contributed by atoms with E-state index in [2.05, 4.69) is 22.4 Å². The monoisotopic (exact) mass is 395 g/mol. The molecule has 0 atom stereocenters. The van der Waals surface area contributed by atoms with Gasteiger partial charge in [0.05, 0.1) is 30.5 Å². The smallest absolute Gasteiger partial charge is 0.321 e. The van der Waals surface area contributed by atoms with Gasteiger partial charge in [-0.25, -0.2) is 9.78 Å². The van der Waals surface area contributed by atoms with Crippen molar-refractivity contribution in [3.8, 4) is 0 Å². The number of aryl methyl sites for hydroxylation is 1. The molecule has 0 bridgehead atoms. The molecule has 0 saturated heterocycles. The Bertz CT molecular complexity index is 896. The molecule has 146 valence electrons. The van der Waals surface area contributed by atoms with Crippen LogP contribution in [-0.2, 0) is 24.3 Å². The van der Waals surface area contributed by atoms with Crippen LogP contribution in [0.5, 0.6) is 0 Å². The molecule has 0 aliphatic carbocycles. The summed E-state index contributed by atoms with van der Waals surface area (Å²) in [5.41, 5.74) is 3.96. The van der Waals surface area contributed by atoms with E-state index in [0.717, 1.165) is 28.4 Å². The summed E-state index contributed by atoms with van der Waals surface area (Å²) in [6.45, 7) is 3.63. The largest absolute Gasteiger partial charge is 0.376 e. The van der Waals surface area contributed by atoms with Crippen LogP contribution in [0.3, 0.4) is 0 Å². The number of ether oxygens (including phenoxy) is 1. The quantitative estimate of drug-likeness (QED) is 0.553. The zero-order valence-electron chi connectivity index (χ0n) is 16.2. The number of urea groups is 1. The van der Waals surface area contributed by atoms with Crippen LogP contribution in [0.25, 0.3) is 0 Å². The molecular weight excluding hydrogens is 370 g/mol. The molecule has 0 aliphatic rings. The topological polar surface area (TPSA) is 54.5 Å². The van der Waals surface area contributed by atoms with Crippen molar-refractivity contribution in [2.45, 2.75) is 26.5 Å². The highest BCUT2D eigenvalue weighted by molar-refractivity contribution is 7.09. The van der Waals surface area contributed by atoms with Gasteiger partial charge in [0.25, 0.3) is 0 Å². The summed E-state index contributed by atoms with van der Waals surface area (Å²) in [7, 11) is 1.76. The minimum atomic E-state index is -0.159. The maximum absolute atomic E-state index is 12.4. The van der Waals surface area contributed by atoms with E-state index in [1.165, 1.54) is 5.56 Å². The second-order valence-corrected chi connectivity index (χ2v) is 7.69. The average molecular weight is 396 g/mol. The van der Waals surface area contributed by atoms with E-state index >= 15 is 0 Å². The number of hydrogen-bond acceptors (Lipinski definition) is 4. The SMILES string of the molecule is Cc1nc(CN(C)C(=O)Nc2cccc(COCCc3ccccc3)c2)cs1. The number of carbonyl (C=O) groups excluding carboxylic acids is 1. The molecule has 2 amide bonds. The Morgan fingerprint density at radius 3 is 2.68 bits per heavy atom. The minimum absolute atomic E-state index is 0.159. The van der Waals surface area contributed by atoms with Crippen LogP contribution in [0, 0.1) is 6.92 Å². The fraction of sp³-hybridized carbons (Fsp3) is 0.273. The molecule has 3 rings (SSSR count). The second-order valence-electron chi connectivity index (χ2n) is 6.63. The van der Waals surface area contributed by atoms with Crippen molar-refractivity contribution >= 4 is 23.1 Å². The van der Waals surface area contributed by atoms with Crippen LogP contribution in [0.4, 0.5) is 10.5 Å². The lowest BCUT2D eigenvalue weighted by Crippen LogP contribution is -2.31. The Morgan fingerprint density at radius 1 is 1.14 bits per heavy atom. The van der Waals surface area contributed by atoms with Gasteiger partial charge in [0.1, 0.15) is 0 Å². The number of hydrogen-bond donors (Lipinski definition) is 1. The van der Waals surface area contributed by atoms with Crippen LogP contribution in [0.1, 0.15) is 21.8 Å². The first kappa shape index (κ1) is 20.0. The zero-order valence-corrected chi connectivity index (χ0v) is 17.0. The number of aromatic nitrogens is 1. The molecule has 5 nitrogen and oxygen atoms in total. The molecule has 28 heavy (non-hydrogen) atoms. The highest BCUT2D eigenvalue weighted by Crippen LogP contribution is 2.14. The number of rotatable bonds is 8. The highest BCUT2D eigenvalue weighted by Gasteiger charge is 2.11. The maximum atomic E-state index is 12.4. The summed E-state index contributed by atoms with van der Waals surface area (Å²) < 4.78 is 5.78. The van der Waals surface area contributed by atoms with E-state index in [9.17, 15) is 4.79 Å². The van der Waals surface area contributed by atoms with E-state index in [-0.39, 0.29) is 6.03 Å². The van der Waals surface area contributed by atoms with Crippen LogP contribution in [0.15, 0.2) is 60.0 Å². The number of nitrogens with one attached hydrogen (secondary N) is 1. The van der Waals surface area contributed by atoms with Crippen LogP contribution in [0.2, 0.25) is 0 Å². The molecule has 0 radical (unpaired) electrons. The number of carbonyl (C=O) groups is 1. The summed E-state index contributed by atoms with van der Waals surface area (Å²) in [4.78, 5) is 18.4. The Morgan fingerprint density at radius 2 is 1.93 bits per heavy atom. The standard InChI is InChI=1S/C22H25N3O2S/c1-17-23-21(16-28-17)14-25(2)22(26)24-20-10-6-9-19(13-20)15-27-12-11-18-7-4-3-5-8-18/h3-10,13,16H,11-12,14-15H2,1-2H3,(H,24,26). The lowest BCUT2D eigenvalue weighted by atomic mass is 10.2. The van der Waals surface area contributed by atoms with Crippen molar-refractivity contribution in [3.63, 3.8) is 0 Å². The van der Waals surface area contributed by atoms with Crippen LogP contribution in [-0.4, -0.2) is 29.6 Å². The number of benzene rings is 2. The summed E-state index contributed by atoms with van der Waals surface area (Å²) in [6, 6.07) is 17.9. The van der Waals surface area contributed by atoms with Crippen molar-refractivity contribution in [3.05, 3.63) is 81.8 Å². The normalized spacial score (nSPS) is 10.6. The van der Waals surface area contributed by atoms with E-state index in [4.69, 9.17) is 4.74 Å². The molecule has 1 aromatic heterocycles. The number of amides is 2. The fourth-order valence-corrected chi connectivity index (χ4v) is 3.38. The van der Waals surface area contributed by atoms with Gasteiger partial charge in [-0.05, 0) is 36.6 Å². The first-order valence-electron chi connectivity index (χ1n) is 9.24. The van der Waals surface area contributed by atoms with Gasteiger partial charge in [-0.2, -0.15) is 0 Å². The van der Waals surface area contributed by atoms with Crippen molar-refractivity contribution in [1.29, 1.82) is 0 Å². The maximum Gasteiger partial charge on any atom is 0.321 e. The molecule has 0 saturated carbocycles. The third-order valence-electron chi connectivity index (χ3n) is 4.24. The average Bonchev–Trinajstić information content (AvgIpc) is 3.11. The first-order chi connectivity index (χ1) is 13.6. The van der Waals surface area contributed by atoms with Crippen molar-refractivity contribution < 1.29 is 9.53 Å². The molecular formula is C22H25N3O2S. The number of nitrogens with zero attached hydrogens (tertiary/aromatic N) is 2. The molecule has 1 heterocycles. The molecule has 6 heteroatoms. The van der Waals surface area contributed by atoms with Gasteiger partial charge in [-0.3, -0.25) is 0 Å². The summed E-state index contributed by atoms with van der Waals surface area (Å²) in [6.07, 6.45) is 0.887. The van der Waals surface area contributed by atoms with E-state index in [0.29, 0.717) is 19.8 Å². The summed E-state index contributed by atoms with van der Waals surface area (Å²) >= 11 is 1.59. The number of anilines is 1. The first-order valence-corrected chi connectivity index (χ1v) is 10.1. The van der Waals surface area contributed by atoms with E-state index in [1.807, 2.05) is 54.8 Å². The third-order valence-corrected chi connectivity index (χ3v) is 5.06. The Hall–Kier alpha value is -2.70. The van der Waals surface area contributed by atoms with E-state index < -0.39 is 0 Å². The van der Waals surface area contributed by atoms with E-state index in [1.54, 1.807) is 23.3 Å².